The number of thioether (sulfide) groups is 1. The largest absolute Gasteiger partial charge is 0.503 e. The van der Waals surface area contributed by atoms with E-state index in [-0.39, 0.29) is 11.6 Å². The summed E-state index contributed by atoms with van der Waals surface area (Å²) in [5.74, 6) is 2.38. The monoisotopic (exact) mass is 388 g/mol. The quantitative estimate of drug-likeness (QED) is 0.702. The maximum Gasteiger partial charge on any atom is 0.294 e. The van der Waals surface area contributed by atoms with Gasteiger partial charge >= 0.3 is 0 Å². The van der Waals surface area contributed by atoms with Crippen molar-refractivity contribution in [2.24, 2.45) is 7.05 Å². The summed E-state index contributed by atoms with van der Waals surface area (Å²) < 4.78 is 13.2. The number of hydrogen-bond donors (Lipinski definition) is 2. The van der Waals surface area contributed by atoms with Crippen LogP contribution < -0.4 is 10.9 Å². The first-order chi connectivity index (χ1) is 13.0. The Hall–Kier alpha value is -2.61. The molecule has 0 bridgehead atoms. The van der Waals surface area contributed by atoms with E-state index < -0.39 is 5.56 Å². The maximum atomic E-state index is 11.9. The van der Waals surface area contributed by atoms with Crippen LogP contribution in [0.2, 0.25) is 0 Å². The highest BCUT2D eigenvalue weighted by Gasteiger charge is 2.15. The zero-order valence-electron chi connectivity index (χ0n) is 14.9. The lowest BCUT2D eigenvalue weighted by Gasteiger charge is -2.22. The van der Waals surface area contributed by atoms with E-state index in [0.717, 1.165) is 24.3 Å². The van der Waals surface area contributed by atoms with Crippen LogP contribution in [-0.2, 0) is 7.05 Å². The molecule has 0 radical (unpaired) electrons. The van der Waals surface area contributed by atoms with Crippen molar-refractivity contribution in [2.75, 3.05) is 16.8 Å². The fourth-order valence-electron chi connectivity index (χ4n) is 2.74. The molecular weight excluding hydrogens is 367 g/mol. The van der Waals surface area contributed by atoms with Gasteiger partial charge in [0, 0.05) is 24.7 Å². The van der Waals surface area contributed by atoms with Gasteiger partial charge in [-0.2, -0.15) is 16.7 Å². The number of hydrogen-bond acceptors (Lipinski definition) is 6. The Bertz CT molecular complexity index is 959. The standard InChI is InChI=1S/C13H16N4O2S.C6H5F/c1-17-11-8(6-10(18)12(17)19)7-14-13(16-11)15-9-2-4-20-5-3-9;7-6-4-2-1-3-5-6/h6-7,9,18H,2-5H2,1H3,(H,14,15,16);1-5H. The number of aromatic nitrogens is 3. The van der Waals surface area contributed by atoms with Crippen molar-refractivity contribution in [1.82, 2.24) is 14.5 Å². The highest BCUT2D eigenvalue weighted by molar-refractivity contribution is 7.99. The number of halogens is 1. The molecule has 0 unspecified atom stereocenters. The molecule has 6 nitrogen and oxygen atoms in total. The summed E-state index contributed by atoms with van der Waals surface area (Å²) in [5, 5.41) is 13.5. The van der Waals surface area contributed by atoms with Gasteiger partial charge in [0.15, 0.2) is 5.75 Å². The molecule has 0 spiro atoms. The summed E-state index contributed by atoms with van der Waals surface area (Å²) >= 11 is 1.96. The predicted octanol–water partition coefficient (Wildman–Crippen LogP) is 3.17. The molecule has 4 rings (SSSR count). The molecule has 0 saturated carbocycles. The molecular formula is C19H21FN4O2S. The Morgan fingerprint density at radius 2 is 1.96 bits per heavy atom. The minimum Gasteiger partial charge on any atom is -0.503 e. The molecule has 27 heavy (non-hydrogen) atoms. The lowest BCUT2D eigenvalue weighted by Crippen LogP contribution is -2.26. The van der Waals surface area contributed by atoms with Gasteiger partial charge in [-0.05, 0) is 42.5 Å². The second-order valence-electron chi connectivity index (χ2n) is 6.19. The van der Waals surface area contributed by atoms with Crippen molar-refractivity contribution in [3.63, 3.8) is 0 Å². The first-order valence-corrected chi connectivity index (χ1v) is 9.80. The minimum absolute atomic E-state index is 0.178. The molecule has 1 aliphatic heterocycles. The van der Waals surface area contributed by atoms with Crippen molar-refractivity contribution in [1.29, 1.82) is 0 Å². The van der Waals surface area contributed by atoms with Gasteiger partial charge in [-0.25, -0.2) is 9.37 Å². The van der Waals surface area contributed by atoms with Crippen molar-refractivity contribution < 1.29 is 9.50 Å². The van der Waals surface area contributed by atoms with E-state index in [0.29, 0.717) is 23.0 Å². The molecule has 2 N–H and O–H groups in total. The second-order valence-corrected chi connectivity index (χ2v) is 7.42. The third kappa shape index (κ3) is 4.97. The molecule has 8 heteroatoms. The van der Waals surface area contributed by atoms with Crippen LogP contribution in [-0.4, -0.2) is 37.2 Å². The van der Waals surface area contributed by atoms with Crippen LogP contribution in [0, 0.1) is 5.82 Å². The van der Waals surface area contributed by atoms with Crippen molar-refractivity contribution >= 4 is 28.7 Å². The van der Waals surface area contributed by atoms with E-state index in [1.54, 1.807) is 31.4 Å². The zero-order chi connectivity index (χ0) is 19.2. The SMILES string of the molecule is Cn1c(=O)c(O)cc2cnc(NC3CCSCC3)nc21.Fc1ccccc1. The van der Waals surface area contributed by atoms with Gasteiger partial charge < -0.3 is 10.4 Å². The smallest absolute Gasteiger partial charge is 0.294 e. The van der Waals surface area contributed by atoms with Gasteiger partial charge in [0.1, 0.15) is 11.5 Å². The summed E-state index contributed by atoms with van der Waals surface area (Å²) in [7, 11) is 1.60. The molecule has 3 aromatic rings. The number of aryl methyl sites for hydroxylation is 1. The number of rotatable bonds is 2. The van der Waals surface area contributed by atoms with Gasteiger partial charge in [-0.3, -0.25) is 9.36 Å². The number of nitrogens with zero attached hydrogens (tertiary/aromatic N) is 3. The van der Waals surface area contributed by atoms with Crippen molar-refractivity contribution in [2.45, 2.75) is 18.9 Å². The molecule has 0 aliphatic carbocycles. The van der Waals surface area contributed by atoms with E-state index in [1.807, 2.05) is 11.8 Å². The van der Waals surface area contributed by atoms with Gasteiger partial charge in [-0.15, -0.1) is 0 Å². The molecule has 1 saturated heterocycles. The van der Waals surface area contributed by atoms with E-state index in [9.17, 15) is 14.3 Å². The van der Waals surface area contributed by atoms with E-state index >= 15 is 0 Å². The molecule has 1 aliphatic rings. The third-order valence-corrected chi connectivity index (χ3v) is 5.27. The normalized spacial score (nSPS) is 14.4. The number of benzene rings is 1. The Morgan fingerprint density at radius 3 is 2.59 bits per heavy atom. The number of anilines is 1. The topological polar surface area (TPSA) is 80.0 Å². The van der Waals surface area contributed by atoms with E-state index in [2.05, 4.69) is 15.3 Å². The predicted molar refractivity (Wildman–Crippen MR) is 107 cm³/mol. The van der Waals surface area contributed by atoms with Crippen molar-refractivity contribution in [3.8, 4) is 5.75 Å². The van der Waals surface area contributed by atoms with Gasteiger partial charge in [0.2, 0.25) is 5.95 Å². The number of nitrogens with one attached hydrogen (secondary N) is 1. The molecule has 142 valence electrons. The highest BCUT2D eigenvalue weighted by atomic mass is 32.2. The first kappa shape index (κ1) is 19.2. The van der Waals surface area contributed by atoms with Crippen LogP contribution >= 0.6 is 11.8 Å². The molecule has 0 amide bonds. The van der Waals surface area contributed by atoms with Crippen molar-refractivity contribution in [3.05, 3.63) is 58.8 Å². The number of pyridine rings is 1. The van der Waals surface area contributed by atoms with E-state index in [1.165, 1.54) is 22.8 Å². The van der Waals surface area contributed by atoms with Crippen LogP contribution in [0.3, 0.4) is 0 Å². The molecule has 0 atom stereocenters. The number of fused-ring (bicyclic) bond motifs is 1. The molecule has 1 aromatic carbocycles. The Kier molecular flexibility index (Phi) is 6.28. The summed E-state index contributed by atoms with van der Waals surface area (Å²) in [6.45, 7) is 0. The maximum absolute atomic E-state index is 11.9. The average molecular weight is 388 g/mol. The first-order valence-electron chi connectivity index (χ1n) is 8.65. The molecule has 1 fully saturated rings. The average Bonchev–Trinajstić information content (AvgIpc) is 2.69. The Balaban J connectivity index is 0.000000253. The Labute approximate surface area is 160 Å². The fourth-order valence-corrected chi connectivity index (χ4v) is 3.84. The lowest BCUT2D eigenvalue weighted by molar-refractivity contribution is 0.463. The van der Waals surface area contributed by atoms with Gasteiger partial charge in [0.25, 0.3) is 5.56 Å². The summed E-state index contributed by atoms with van der Waals surface area (Å²) in [4.78, 5) is 20.4. The Morgan fingerprint density at radius 1 is 1.26 bits per heavy atom. The fraction of sp³-hybridized carbons (Fsp3) is 0.316. The minimum atomic E-state index is -0.448. The summed E-state index contributed by atoms with van der Waals surface area (Å²) in [6, 6.07) is 9.73. The van der Waals surface area contributed by atoms with Gasteiger partial charge in [-0.1, -0.05) is 18.2 Å². The molecule has 2 aromatic heterocycles. The summed E-state index contributed by atoms with van der Waals surface area (Å²) in [5.41, 5.74) is 0.0756. The summed E-state index contributed by atoms with van der Waals surface area (Å²) in [6.07, 6.45) is 3.82. The van der Waals surface area contributed by atoms with Crippen LogP contribution in [0.5, 0.6) is 5.75 Å². The zero-order valence-corrected chi connectivity index (χ0v) is 15.7. The third-order valence-electron chi connectivity index (χ3n) is 4.22. The highest BCUT2D eigenvalue weighted by Crippen LogP contribution is 2.20. The van der Waals surface area contributed by atoms with Crippen LogP contribution in [0.25, 0.3) is 11.0 Å². The van der Waals surface area contributed by atoms with Gasteiger partial charge in [0.05, 0.1) is 0 Å². The number of aromatic hydroxyl groups is 1. The van der Waals surface area contributed by atoms with Crippen LogP contribution in [0.4, 0.5) is 10.3 Å². The van der Waals surface area contributed by atoms with Crippen LogP contribution in [0.15, 0.2) is 47.4 Å². The lowest BCUT2D eigenvalue weighted by atomic mass is 10.2. The molecule has 3 heterocycles. The van der Waals surface area contributed by atoms with E-state index in [4.69, 9.17) is 0 Å². The second kappa shape index (κ2) is 8.85. The van der Waals surface area contributed by atoms with Crippen LogP contribution in [0.1, 0.15) is 12.8 Å².